The Morgan fingerprint density at radius 1 is 1.20 bits per heavy atom. The number of piperazine rings is 1. The first-order valence-corrected chi connectivity index (χ1v) is 7.40. The molecule has 2 N–H and O–H groups in total. The van der Waals surface area contributed by atoms with Crippen LogP contribution in [0.1, 0.15) is 11.1 Å². The third-order valence-electron chi connectivity index (χ3n) is 4.16. The quantitative estimate of drug-likeness (QED) is 0.883. The van der Waals surface area contributed by atoms with Crippen LogP contribution < -0.4 is 10.6 Å². The first kappa shape index (κ1) is 15.3. The molecule has 1 atom stereocenters. The van der Waals surface area contributed by atoms with E-state index >= 15 is 0 Å². The summed E-state index contributed by atoms with van der Waals surface area (Å²) >= 11 is 0. The summed E-state index contributed by atoms with van der Waals surface area (Å²) in [5.41, 5.74) is 10.2. The molecule has 4 heteroatoms. The normalized spacial score (nSPS) is 18.3. The van der Waals surface area contributed by atoms with E-state index in [1.165, 1.54) is 16.8 Å². The van der Waals surface area contributed by atoms with Crippen LogP contribution in [0, 0.1) is 13.8 Å². The molecular weight excluding hydrogens is 250 g/mol. The van der Waals surface area contributed by atoms with Gasteiger partial charge >= 0.3 is 0 Å². The first-order valence-electron chi connectivity index (χ1n) is 7.40. The maximum atomic E-state index is 6.02. The summed E-state index contributed by atoms with van der Waals surface area (Å²) in [6.07, 6.45) is 0. The van der Waals surface area contributed by atoms with Crippen LogP contribution in [0.5, 0.6) is 0 Å². The number of anilines is 1. The molecule has 1 aliphatic heterocycles. The van der Waals surface area contributed by atoms with Crippen molar-refractivity contribution in [2.45, 2.75) is 19.9 Å². The minimum Gasteiger partial charge on any atom is -0.383 e. The molecule has 112 valence electrons. The molecule has 20 heavy (non-hydrogen) atoms. The monoisotopic (exact) mass is 277 g/mol. The van der Waals surface area contributed by atoms with Gasteiger partial charge in [-0.2, -0.15) is 0 Å². The van der Waals surface area contributed by atoms with Crippen molar-refractivity contribution in [3.8, 4) is 0 Å². The first-order chi connectivity index (χ1) is 9.61. The SMILES string of the molecule is COCC(N)CN1CCN(c2cccc(C)c2C)CC1. The van der Waals surface area contributed by atoms with Gasteiger partial charge in [0.1, 0.15) is 0 Å². The number of nitrogens with two attached hydrogens (primary N) is 1. The molecule has 1 aliphatic rings. The third-order valence-corrected chi connectivity index (χ3v) is 4.16. The topological polar surface area (TPSA) is 41.7 Å². The highest BCUT2D eigenvalue weighted by molar-refractivity contribution is 5.56. The van der Waals surface area contributed by atoms with Gasteiger partial charge in [0, 0.05) is 51.6 Å². The number of hydrogen-bond acceptors (Lipinski definition) is 4. The lowest BCUT2D eigenvalue weighted by Crippen LogP contribution is -2.50. The molecule has 1 saturated heterocycles. The predicted molar refractivity (Wildman–Crippen MR) is 84.4 cm³/mol. The Kier molecular flexibility index (Phi) is 5.40. The van der Waals surface area contributed by atoms with E-state index in [-0.39, 0.29) is 6.04 Å². The fourth-order valence-corrected chi connectivity index (χ4v) is 2.85. The molecule has 0 amide bonds. The van der Waals surface area contributed by atoms with Crippen molar-refractivity contribution in [1.82, 2.24) is 4.90 Å². The lowest BCUT2D eigenvalue weighted by atomic mass is 10.1. The van der Waals surface area contributed by atoms with E-state index < -0.39 is 0 Å². The summed E-state index contributed by atoms with van der Waals surface area (Å²) in [7, 11) is 1.71. The number of methoxy groups -OCH3 is 1. The molecule has 0 aliphatic carbocycles. The molecular formula is C16H27N3O. The fourth-order valence-electron chi connectivity index (χ4n) is 2.85. The van der Waals surface area contributed by atoms with E-state index in [2.05, 4.69) is 41.8 Å². The van der Waals surface area contributed by atoms with Gasteiger partial charge in [-0.25, -0.2) is 0 Å². The van der Waals surface area contributed by atoms with Crippen molar-refractivity contribution in [1.29, 1.82) is 0 Å². The van der Waals surface area contributed by atoms with Crippen LogP contribution in [0.2, 0.25) is 0 Å². The van der Waals surface area contributed by atoms with Crippen LogP contribution in [0.15, 0.2) is 18.2 Å². The van der Waals surface area contributed by atoms with E-state index in [0.29, 0.717) is 6.61 Å². The zero-order valence-electron chi connectivity index (χ0n) is 12.9. The summed E-state index contributed by atoms with van der Waals surface area (Å²) in [5.74, 6) is 0. The second-order valence-corrected chi connectivity index (χ2v) is 5.72. The Hall–Kier alpha value is -1.10. The van der Waals surface area contributed by atoms with Crippen LogP contribution in [0.3, 0.4) is 0 Å². The molecule has 1 fully saturated rings. The minimum absolute atomic E-state index is 0.118. The van der Waals surface area contributed by atoms with E-state index in [1.54, 1.807) is 7.11 Å². The van der Waals surface area contributed by atoms with Gasteiger partial charge in [0.25, 0.3) is 0 Å². The molecule has 1 unspecified atom stereocenters. The molecule has 1 aromatic carbocycles. The van der Waals surface area contributed by atoms with Crippen LogP contribution in [-0.2, 0) is 4.74 Å². The molecule has 0 saturated carbocycles. The third kappa shape index (κ3) is 3.72. The van der Waals surface area contributed by atoms with Gasteiger partial charge in [-0.1, -0.05) is 12.1 Å². The fraction of sp³-hybridized carbons (Fsp3) is 0.625. The molecule has 0 bridgehead atoms. The standard InChI is InChI=1S/C16H27N3O/c1-13-5-4-6-16(14(13)2)19-9-7-18(8-10-19)11-15(17)12-20-3/h4-6,15H,7-12,17H2,1-3H3. The van der Waals surface area contributed by atoms with Crippen LogP contribution in [0.4, 0.5) is 5.69 Å². The molecule has 1 heterocycles. The molecule has 1 aromatic rings. The second-order valence-electron chi connectivity index (χ2n) is 5.72. The second kappa shape index (κ2) is 7.07. The molecule has 0 radical (unpaired) electrons. The zero-order valence-corrected chi connectivity index (χ0v) is 12.9. The van der Waals surface area contributed by atoms with Crippen molar-refractivity contribution >= 4 is 5.69 Å². The van der Waals surface area contributed by atoms with Crippen molar-refractivity contribution in [2.75, 3.05) is 51.3 Å². The van der Waals surface area contributed by atoms with Crippen molar-refractivity contribution in [3.05, 3.63) is 29.3 Å². The average molecular weight is 277 g/mol. The van der Waals surface area contributed by atoms with Crippen LogP contribution in [-0.4, -0.2) is 57.4 Å². The van der Waals surface area contributed by atoms with Gasteiger partial charge in [0.15, 0.2) is 0 Å². The number of hydrogen-bond donors (Lipinski definition) is 1. The molecule has 0 aromatic heterocycles. The Morgan fingerprint density at radius 3 is 2.55 bits per heavy atom. The van der Waals surface area contributed by atoms with Gasteiger partial charge in [-0.3, -0.25) is 4.90 Å². The van der Waals surface area contributed by atoms with Crippen LogP contribution in [0.25, 0.3) is 0 Å². The number of ether oxygens (including phenoxy) is 1. The lowest BCUT2D eigenvalue weighted by Gasteiger charge is -2.37. The summed E-state index contributed by atoms with van der Waals surface area (Å²) in [5, 5.41) is 0. The number of nitrogens with zero attached hydrogens (tertiary/aromatic N) is 2. The summed E-state index contributed by atoms with van der Waals surface area (Å²) in [6.45, 7) is 10.2. The Bertz CT molecular complexity index is 428. The largest absolute Gasteiger partial charge is 0.383 e. The highest BCUT2D eigenvalue weighted by Gasteiger charge is 2.20. The summed E-state index contributed by atoms with van der Waals surface area (Å²) in [6, 6.07) is 6.68. The maximum absolute atomic E-state index is 6.02. The predicted octanol–water partition coefficient (Wildman–Crippen LogP) is 1.40. The van der Waals surface area contributed by atoms with Gasteiger partial charge in [-0.15, -0.1) is 0 Å². The summed E-state index contributed by atoms with van der Waals surface area (Å²) in [4.78, 5) is 4.92. The van der Waals surface area contributed by atoms with Crippen molar-refractivity contribution in [3.63, 3.8) is 0 Å². The van der Waals surface area contributed by atoms with Gasteiger partial charge in [-0.05, 0) is 31.0 Å². The Balaban J connectivity index is 1.89. The summed E-state index contributed by atoms with van der Waals surface area (Å²) < 4.78 is 5.10. The van der Waals surface area contributed by atoms with E-state index in [0.717, 1.165) is 32.7 Å². The van der Waals surface area contributed by atoms with Gasteiger partial charge in [0.05, 0.1) is 6.61 Å². The van der Waals surface area contributed by atoms with Gasteiger partial charge < -0.3 is 15.4 Å². The number of benzene rings is 1. The maximum Gasteiger partial charge on any atom is 0.0626 e. The Labute approximate surface area is 122 Å². The minimum atomic E-state index is 0.118. The van der Waals surface area contributed by atoms with E-state index in [1.807, 2.05) is 0 Å². The van der Waals surface area contributed by atoms with Crippen molar-refractivity contribution in [2.24, 2.45) is 5.73 Å². The average Bonchev–Trinajstić information content (AvgIpc) is 2.43. The molecule has 0 spiro atoms. The smallest absolute Gasteiger partial charge is 0.0626 e. The highest BCUT2D eigenvalue weighted by Crippen LogP contribution is 2.23. The zero-order chi connectivity index (χ0) is 14.5. The van der Waals surface area contributed by atoms with E-state index in [4.69, 9.17) is 10.5 Å². The van der Waals surface area contributed by atoms with Crippen molar-refractivity contribution < 1.29 is 4.74 Å². The van der Waals surface area contributed by atoms with Gasteiger partial charge in [0.2, 0.25) is 0 Å². The number of aryl methyl sites for hydroxylation is 1. The number of rotatable bonds is 5. The lowest BCUT2D eigenvalue weighted by molar-refractivity contribution is 0.150. The van der Waals surface area contributed by atoms with E-state index in [9.17, 15) is 0 Å². The molecule has 4 nitrogen and oxygen atoms in total. The highest BCUT2D eigenvalue weighted by atomic mass is 16.5. The Morgan fingerprint density at radius 2 is 1.90 bits per heavy atom. The van der Waals surface area contributed by atoms with Crippen LogP contribution >= 0.6 is 0 Å². The molecule has 2 rings (SSSR count).